The van der Waals surface area contributed by atoms with Crippen molar-refractivity contribution in [2.75, 3.05) is 20.2 Å². The molecule has 1 saturated heterocycles. The molecule has 0 aromatic heterocycles. The second kappa shape index (κ2) is 14.3. The summed E-state index contributed by atoms with van der Waals surface area (Å²) in [6.07, 6.45) is 14.4. The van der Waals surface area contributed by atoms with Crippen LogP contribution in [-0.4, -0.2) is 78.5 Å². The third-order valence-corrected chi connectivity index (χ3v) is 10.6. The molecule has 0 bridgehead atoms. The van der Waals surface area contributed by atoms with Crippen LogP contribution in [0.3, 0.4) is 0 Å². The molecule has 9 nitrogen and oxygen atoms in total. The fourth-order valence-corrected chi connectivity index (χ4v) is 8.21. The molecule has 0 aromatic carbocycles. The van der Waals surface area contributed by atoms with Crippen molar-refractivity contribution in [3.05, 3.63) is 0 Å². The molecule has 3 saturated carbocycles. The van der Waals surface area contributed by atoms with Crippen LogP contribution in [0.1, 0.15) is 96.8 Å². The van der Waals surface area contributed by atoms with Crippen LogP contribution >= 0.6 is 11.6 Å². The van der Waals surface area contributed by atoms with Crippen molar-refractivity contribution in [3.8, 4) is 0 Å². The highest BCUT2D eigenvalue weighted by Gasteiger charge is 2.50. The fourth-order valence-electron chi connectivity index (χ4n) is 7.96. The first kappa shape index (κ1) is 30.2. The summed E-state index contributed by atoms with van der Waals surface area (Å²) >= 11 is 6.50. The van der Waals surface area contributed by atoms with Crippen LogP contribution in [0.25, 0.3) is 0 Å². The Labute approximate surface area is 245 Å². The summed E-state index contributed by atoms with van der Waals surface area (Å²) in [5.41, 5.74) is 8.24. The number of nitrogens with zero attached hydrogens (tertiary/aromatic N) is 2. The van der Waals surface area contributed by atoms with E-state index >= 15 is 0 Å². The molecule has 0 spiro atoms. The first-order valence-corrected chi connectivity index (χ1v) is 16.5. The lowest BCUT2D eigenvalue weighted by Gasteiger charge is -2.44. The Morgan fingerprint density at radius 2 is 1.75 bits per heavy atom. The lowest BCUT2D eigenvalue weighted by molar-refractivity contribution is -0.125. The minimum absolute atomic E-state index is 0.0241. The molecule has 2 heterocycles. The van der Waals surface area contributed by atoms with Gasteiger partial charge in [-0.3, -0.25) is 19.5 Å². The van der Waals surface area contributed by atoms with Crippen LogP contribution in [-0.2, 0) is 14.3 Å². The Hall–Kier alpha value is -1.26. The summed E-state index contributed by atoms with van der Waals surface area (Å²) in [6, 6.07) is 0.209. The Morgan fingerprint density at radius 1 is 1.00 bits per heavy atom. The van der Waals surface area contributed by atoms with Gasteiger partial charge in [-0.25, -0.2) is 10.9 Å². The van der Waals surface area contributed by atoms with Gasteiger partial charge < -0.3 is 15.4 Å². The number of hydrogen-bond acceptors (Lipinski definition) is 7. The van der Waals surface area contributed by atoms with Crippen LogP contribution in [0.5, 0.6) is 0 Å². The van der Waals surface area contributed by atoms with Crippen molar-refractivity contribution in [2.45, 2.75) is 133 Å². The van der Waals surface area contributed by atoms with Gasteiger partial charge in [0.05, 0.1) is 30.9 Å². The molecule has 4 N–H and O–H groups in total. The number of carbonyl (C=O) groups is 2. The van der Waals surface area contributed by atoms with Gasteiger partial charge in [-0.05, 0) is 77.0 Å². The number of methoxy groups -OCH3 is 1. The maximum Gasteiger partial charge on any atom is 0.223 e. The van der Waals surface area contributed by atoms with Gasteiger partial charge in [-0.15, -0.1) is 11.6 Å². The van der Waals surface area contributed by atoms with Crippen LogP contribution in [0.4, 0.5) is 0 Å². The monoisotopic (exact) mass is 578 g/mol. The van der Waals surface area contributed by atoms with Crippen molar-refractivity contribution < 1.29 is 14.3 Å². The van der Waals surface area contributed by atoms with Gasteiger partial charge in [-0.2, -0.15) is 0 Å². The third-order valence-electron chi connectivity index (χ3n) is 10.2. The van der Waals surface area contributed by atoms with Crippen LogP contribution in [0.15, 0.2) is 4.99 Å². The molecular weight excluding hydrogens is 528 g/mol. The van der Waals surface area contributed by atoms with E-state index in [2.05, 4.69) is 33.3 Å². The molecule has 10 heteroatoms. The largest absolute Gasteiger partial charge is 0.381 e. The Bertz CT molecular complexity index is 891. The smallest absolute Gasteiger partial charge is 0.223 e. The van der Waals surface area contributed by atoms with Crippen LogP contribution < -0.4 is 21.5 Å². The zero-order valence-electron chi connectivity index (χ0n) is 24.5. The van der Waals surface area contributed by atoms with E-state index in [9.17, 15) is 9.59 Å². The van der Waals surface area contributed by atoms with Crippen molar-refractivity contribution in [1.82, 2.24) is 26.4 Å². The summed E-state index contributed by atoms with van der Waals surface area (Å²) in [7, 11) is 1.83. The number of alkyl halides is 1. The summed E-state index contributed by atoms with van der Waals surface area (Å²) in [5.74, 6) is 1.14. The molecule has 2 amide bonds. The predicted octanol–water partition coefficient (Wildman–Crippen LogP) is 3.47. The first-order chi connectivity index (χ1) is 19.4. The molecule has 0 radical (unpaired) electrons. The van der Waals surface area contributed by atoms with Gasteiger partial charge >= 0.3 is 0 Å². The Balaban J connectivity index is 1.22. The summed E-state index contributed by atoms with van der Waals surface area (Å²) < 4.78 is 5.86. The number of hydrazine groups is 1. The number of aliphatic imine (C=N–C) groups is 1. The van der Waals surface area contributed by atoms with Gasteiger partial charge in [0, 0.05) is 49.2 Å². The van der Waals surface area contributed by atoms with Crippen LogP contribution in [0.2, 0.25) is 0 Å². The summed E-state index contributed by atoms with van der Waals surface area (Å²) in [5, 5.41) is 6.45. The molecular formula is C30H51ClN6O3. The van der Waals surface area contributed by atoms with Gasteiger partial charge in [0.2, 0.25) is 11.8 Å². The van der Waals surface area contributed by atoms with E-state index in [-0.39, 0.29) is 47.6 Å². The number of ether oxygens (including phenoxy) is 1. The zero-order valence-corrected chi connectivity index (χ0v) is 25.3. The number of halogens is 1. The molecule has 6 atom stereocenters. The van der Waals surface area contributed by atoms with Gasteiger partial charge in [0.1, 0.15) is 0 Å². The van der Waals surface area contributed by atoms with E-state index in [1.54, 1.807) is 0 Å². The third kappa shape index (κ3) is 7.20. The van der Waals surface area contributed by atoms with Crippen molar-refractivity contribution in [2.24, 2.45) is 22.7 Å². The van der Waals surface area contributed by atoms with E-state index in [0.29, 0.717) is 37.4 Å². The van der Waals surface area contributed by atoms with E-state index in [4.69, 9.17) is 21.3 Å². The minimum atomic E-state index is -0.168. The Kier molecular flexibility index (Phi) is 10.8. The number of hydrogen-bond donors (Lipinski definition) is 4. The van der Waals surface area contributed by atoms with E-state index < -0.39 is 0 Å². The first-order valence-electron chi connectivity index (χ1n) is 16.0. The average Bonchev–Trinajstić information content (AvgIpc) is 3.30. The molecule has 226 valence electrons. The van der Waals surface area contributed by atoms with Crippen molar-refractivity contribution in [3.63, 3.8) is 0 Å². The number of rotatable bonds is 9. The van der Waals surface area contributed by atoms with Crippen molar-refractivity contribution >= 4 is 29.1 Å². The molecule has 0 aromatic rings. The van der Waals surface area contributed by atoms with Gasteiger partial charge in [0.25, 0.3) is 0 Å². The van der Waals surface area contributed by atoms with E-state index in [0.717, 1.165) is 77.0 Å². The fraction of sp³-hybridized carbons (Fsp3) is 0.900. The predicted molar refractivity (Wildman–Crippen MR) is 158 cm³/mol. The molecule has 3 aliphatic carbocycles. The highest BCUT2D eigenvalue weighted by molar-refractivity contribution is 6.20. The highest BCUT2D eigenvalue weighted by Crippen LogP contribution is 2.42. The molecule has 5 rings (SSSR count). The van der Waals surface area contributed by atoms with Crippen molar-refractivity contribution in [1.29, 1.82) is 0 Å². The van der Waals surface area contributed by atoms with Gasteiger partial charge in [-0.1, -0.05) is 19.3 Å². The molecule has 5 unspecified atom stereocenters. The average molecular weight is 579 g/mol. The lowest BCUT2D eigenvalue weighted by atomic mass is 9.72. The second-order valence-electron chi connectivity index (χ2n) is 12.8. The quantitative estimate of drug-likeness (QED) is 0.247. The van der Waals surface area contributed by atoms with Gasteiger partial charge in [0.15, 0.2) is 0 Å². The SMILES string of the molecule is COC1CCC2C(C1)C(C1CCC(Cl)CC1)=N[C@@H](CC(=O)NCCCNC(=O)C1CCCCC1)C1NNC(C)N21. The topological polar surface area (TPSA) is 107 Å². The van der Waals surface area contributed by atoms with Crippen LogP contribution in [0, 0.1) is 17.8 Å². The Morgan fingerprint density at radius 3 is 2.50 bits per heavy atom. The number of carbonyl (C=O) groups excluding carboxylic acids is 2. The number of fused-ring (bicyclic) bond motifs is 3. The summed E-state index contributed by atoms with van der Waals surface area (Å²) in [6.45, 7) is 3.37. The number of amides is 2. The standard InChI is InChI=1S/C30H51ClN6O3/c1-19-35-36-29-25(18-27(38)32-15-6-16-33-30(39)21-7-4-3-5-8-21)34-28(20-9-11-22(31)12-10-20)24-17-23(40-2)13-14-26(24)37(19)29/h19-26,29,35-36H,3-18H2,1-2H3,(H,32,38)(H,33,39)/t19?,20?,22?,23?,24?,25-,26?,29?/m0/s1. The highest BCUT2D eigenvalue weighted by atomic mass is 35.5. The molecule has 5 aliphatic rings. The molecule has 40 heavy (non-hydrogen) atoms. The maximum atomic E-state index is 13.2. The normalized spacial score (nSPS) is 37.1. The zero-order chi connectivity index (χ0) is 28.1. The minimum Gasteiger partial charge on any atom is -0.381 e. The van der Waals surface area contributed by atoms with E-state index in [1.165, 1.54) is 12.1 Å². The molecule has 4 fully saturated rings. The lowest BCUT2D eigenvalue weighted by Crippen LogP contribution is -2.55. The molecule has 2 aliphatic heterocycles. The van der Waals surface area contributed by atoms with E-state index in [1.807, 2.05) is 7.11 Å². The maximum absolute atomic E-state index is 13.2. The summed E-state index contributed by atoms with van der Waals surface area (Å²) in [4.78, 5) is 33.6. The number of nitrogens with one attached hydrogen (secondary N) is 4. The second-order valence-corrected chi connectivity index (χ2v) is 13.4.